The lowest BCUT2D eigenvalue weighted by molar-refractivity contribution is 0.103. The van der Waals surface area contributed by atoms with Crippen molar-refractivity contribution >= 4 is 77.7 Å². The number of nitriles is 4. The summed E-state index contributed by atoms with van der Waals surface area (Å²) in [5.41, 5.74) is 8.56. The van der Waals surface area contributed by atoms with Crippen LogP contribution in [0, 0.1) is 45.3 Å². The van der Waals surface area contributed by atoms with Crippen molar-refractivity contribution in [3.05, 3.63) is 150 Å². The fourth-order valence-corrected chi connectivity index (χ4v) is 11.5. The number of rotatable bonds is 2. The molecule has 6 nitrogen and oxygen atoms in total. The van der Waals surface area contributed by atoms with Crippen LogP contribution >= 0.6 is 22.7 Å². The monoisotopic (exact) mass is 754 g/mol. The largest absolute Gasteiger partial charge is 0.289 e. The lowest BCUT2D eigenvalue weighted by Crippen LogP contribution is -2.28. The summed E-state index contributed by atoms with van der Waals surface area (Å²) in [5, 5.41) is 41.4. The molecule has 0 radical (unpaired) electrons. The molecule has 56 heavy (non-hydrogen) atoms. The van der Waals surface area contributed by atoms with Crippen LogP contribution in [-0.2, 0) is 5.41 Å². The van der Waals surface area contributed by atoms with E-state index in [1.807, 2.05) is 48.6 Å². The van der Waals surface area contributed by atoms with Crippen molar-refractivity contribution in [1.29, 1.82) is 21.0 Å². The van der Waals surface area contributed by atoms with E-state index in [4.69, 9.17) is 0 Å². The average Bonchev–Trinajstić information content (AvgIpc) is 4.01. The number of hydrogen-bond donors (Lipinski definition) is 0. The summed E-state index contributed by atoms with van der Waals surface area (Å²) < 4.78 is 2.18. The highest BCUT2D eigenvalue weighted by Crippen LogP contribution is 2.58. The van der Waals surface area contributed by atoms with Crippen LogP contribution in [0.3, 0.4) is 0 Å². The van der Waals surface area contributed by atoms with Gasteiger partial charge in [0.25, 0.3) is 0 Å². The van der Waals surface area contributed by atoms with E-state index < -0.39 is 0 Å². The van der Waals surface area contributed by atoms with Crippen molar-refractivity contribution in [1.82, 2.24) is 0 Å². The number of thiophene rings is 2. The topological polar surface area (TPSA) is 129 Å². The number of allylic oxidation sites excluding steroid dienone is 6. The first kappa shape index (κ1) is 33.6. The number of nitrogens with zero attached hydrogens (tertiary/aromatic N) is 4. The Labute approximate surface area is 330 Å². The zero-order valence-corrected chi connectivity index (χ0v) is 31.3. The number of carbonyl (C=O) groups excluding carboxylic acids is 2. The fourth-order valence-electron chi connectivity index (χ4n) is 9.41. The highest BCUT2D eigenvalue weighted by Gasteiger charge is 2.44. The average molecular weight is 755 g/mol. The molecule has 1 spiro atoms. The Balaban J connectivity index is 1.10. The Morgan fingerprint density at radius 3 is 1.36 bits per heavy atom. The molecule has 8 heteroatoms. The Morgan fingerprint density at radius 1 is 0.536 bits per heavy atom. The van der Waals surface area contributed by atoms with E-state index in [0.717, 1.165) is 55.6 Å². The third-order valence-electron chi connectivity index (χ3n) is 11.8. The lowest BCUT2D eigenvalue weighted by atomic mass is 9.67. The van der Waals surface area contributed by atoms with Gasteiger partial charge in [0, 0.05) is 58.0 Å². The van der Waals surface area contributed by atoms with Gasteiger partial charge in [0.05, 0.1) is 0 Å². The SMILES string of the molecule is N#CC(C#N)=C1/C(=C/c2cc3cc4c(cc3s2)-c2cc3sc(/C=C5\C(=O)c6ccccc6C5=C(C#N)C#N)cc3cc2C42CCCCC2)C(=O)c2ccccc21. The van der Waals surface area contributed by atoms with Gasteiger partial charge in [0.1, 0.15) is 35.4 Å². The van der Waals surface area contributed by atoms with Gasteiger partial charge >= 0.3 is 0 Å². The smallest absolute Gasteiger partial charge is 0.194 e. The number of fused-ring (bicyclic) bond motifs is 9. The minimum Gasteiger partial charge on any atom is -0.289 e. The Morgan fingerprint density at radius 2 is 0.946 bits per heavy atom. The molecule has 0 saturated heterocycles. The van der Waals surface area contributed by atoms with E-state index >= 15 is 0 Å². The van der Waals surface area contributed by atoms with Crippen molar-refractivity contribution in [3.8, 4) is 35.4 Å². The molecule has 0 atom stereocenters. The molecule has 0 N–H and O–H groups in total. The van der Waals surface area contributed by atoms with E-state index in [0.29, 0.717) is 44.5 Å². The molecule has 0 amide bonds. The maximum absolute atomic E-state index is 13.6. The minimum absolute atomic E-state index is 0.0735. The van der Waals surface area contributed by atoms with Crippen molar-refractivity contribution in [2.45, 2.75) is 37.5 Å². The standard InChI is InChI=1S/C48H26N4O2S2/c49-22-28(23-50)44-32-8-2-4-10-34(32)46(53)38(44)18-30-14-26-16-40-36(20-42(26)55-30)37-21-43-27(17-41(37)48(40)12-6-1-7-13-48)15-31(56-43)19-39-45(29(24-51)25-52)33-9-3-5-11-35(33)47(39)54/h2-5,8-11,14-21H,1,6-7,12-13H2/b38-18-,39-19-. The minimum atomic E-state index is -0.187. The van der Waals surface area contributed by atoms with Crippen molar-refractivity contribution in [3.63, 3.8) is 0 Å². The van der Waals surface area contributed by atoms with E-state index in [1.54, 1.807) is 59.1 Å². The van der Waals surface area contributed by atoms with Crippen LogP contribution in [0.4, 0.5) is 0 Å². The molecule has 6 aromatic rings. The summed E-state index contributed by atoms with van der Waals surface area (Å²) in [6.07, 6.45) is 9.22. The van der Waals surface area contributed by atoms with E-state index in [1.165, 1.54) is 28.7 Å². The second-order valence-electron chi connectivity index (χ2n) is 14.6. The summed E-state index contributed by atoms with van der Waals surface area (Å²) in [4.78, 5) is 29.1. The van der Waals surface area contributed by atoms with Gasteiger partial charge in [-0.05, 0) is 106 Å². The van der Waals surface area contributed by atoms with Gasteiger partial charge in [-0.2, -0.15) is 21.0 Å². The third kappa shape index (κ3) is 4.74. The zero-order valence-electron chi connectivity index (χ0n) is 29.7. The summed E-state index contributed by atoms with van der Waals surface area (Å²) in [7, 11) is 0. The number of carbonyl (C=O) groups is 2. The second-order valence-corrected chi connectivity index (χ2v) is 16.9. The molecule has 10 rings (SSSR count). The zero-order chi connectivity index (χ0) is 38.3. The summed E-state index contributed by atoms with van der Waals surface area (Å²) in [6.45, 7) is 0. The van der Waals surface area contributed by atoms with Gasteiger partial charge < -0.3 is 0 Å². The maximum Gasteiger partial charge on any atom is 0.194 e. The maximum atomic E-state index is 13.6. The van der Waals surface area contributed by atoms with Crippen molar-refractivity contribution in [2.24, 2.45) is 0 Å². The molecule has 0 unspecified atom stereocenters. The first-order valence-electron chi connectivity index (χ1n) is 18.3. The second kappa shape index (κ2) is 12.6. The van der Waals surface area contributed by atoms with E-state index in [2.05, 4.69) is 36.4 Å². The molecular weight excluding hydrogens is 729 g/mol. The molecule has 4 aliphatic rings. The van der Waals surface area contributed by atoms with Crippen molar-refractivity contribution in [2.75, 3.05) is 0 Å². The Hall–Kier alpha value is -6.94. The molecule has 0 bridgehead atoms. The van der Waals surface area contributed by atoms with Gasteiger partial charge in [0.2, 0.25) is 0 Å². The van der Waals surface area contributed by atoms with Crippen LogP contribution in [0.25, 0.3) is 54.6 Å². The Bertz CT molecular complexity index is 2910. The van der Waals surface area contributed by atoms with Gasteiger partial charge in [-0.25, -0.2) is 0 Å². The Kier molecular flexibility index (Phi) is 7.54. The highest BCUT2D eigenvalue weighted by molar-refractivity contribution is 7.20. The van der Waals surface area contributed by atoms with Crippen molar-refractivity contribution < 1.29 is 9.59 Å². The van der Waals surface area contributed by atoms with Gasteiger partial charge in [-0.1, -0.05) is 67.8 Å². The predicted octanol–water partition coefficient (Wildman–Crippen LogP) is 11.5. The number of benzene rings is 4. The van der Waals surface area contributed by atoms with Crippen LogP contribution in [0.1, 0.15) is 84.8 Å². The first-order chi connectivity index (χ1) is 27.4. The molecule has 2 heterocycles. The molecule has 262 valence electrons. The molecule has 1 saturated carbocycles. The molecule has 4 aromatic carbocycles. The van der Waals surface area contributed by atoms with Gasteiger partial charge in [-0.15, -0.1) is 22.7 Å². The number of Topliss-reactive ketones (excluding diaryl/α,β-unsaturated/α-hetero) is 2. The van der Waals surface area contributed by atoms with Crippen LogP contribution in [0.5, 0.6) is 0 Å². The first-order valence-corrected chi connectivity index (χ1v) is 20.0. The fraction of sp³-hybridized carbons (Fsp3) is 0.125. The number of ketones is 2. The van der Waals surface area contributed by atoms with Gasteiger partial charge in [-0.3, -0.25) is 9.59 Å². The predicted molar refractivity (Wildman–Crippen MR) is 220 cm³/mol. The van der Waals surface area contributed by atoms with Crippen LogP contribution < -0.4 is 0 Å². The van der Waals surface area contributed by atoms with Gasteiger partial charge in [0.15, 0.2) is 11.6 Å². The lowest BCUT2D eigenvalue weighted by Gasteiger charge is -2.36. The molecule has 2 aromatic heterocycles. The molecule has 1 fully saturated rings. The quantitative estimate of drug-likeness (QED) is 0.128. The van der Waals surface area contributed by atoms with Crippen LogP contribution in [-0.4, -0.2) is 11.6 Å². The number of hydrogen-bond acceptors (Lipinski definition) is 8. The summed E-state index contributed by atoms with van der Waals surface area (Å²) in [6, 6.07) is 35.8. The van der Waals surface area contributed by atoms with Crippen LogP contribution in [0.15, 0.2) is 107 Å². The van der Waals surface area contributed by atoms with E-state index in [-0.39, 0.29) is 28.1 Å². The van der Waals surface area contributed by atoms with E-state index in [9.17, 15) is 30.6 Å². The summed E-state index contributed by atoms with van der Waals surface area (Å²) in [5.74, 6) is -0.374. The highest BCUT2D eigenvalue weighted by atomic mass is 32.1. The molecule has 4 aliphatic carbocycles. The third-order valence-corrected chi connectivity index (χ3v) is 13.9. The summed E-state index contributed by atoms with van der Waals surface area (Å²) >= 11 is 3.18. The van der Waals surface area contributed by atoms with Crippen LogP contribution in [0.2, 0.25) is 0 Å². The molecule has 0 aliphatic heterocycles. The normalized spacial score (nSPS) is 17.4. The molecular formula is C48H26N4O2S2.